The molecule has 1 heterocycles. The van der Waals surface area contributed by atoms with E-state index in [-0.39, 0.29) is 25.5 Å². The molecule has 0 aromatic heterocycles. The number of hydrogen-bond donors (Lipinski definition) is 1. The number of fused-ring (bicyclic) bond motifs is 1. The van der Waals surface area contributed by atoms with Crippen LogP contribution in [0.3, 0.4) is 0 Å². The van der Waals surface area contributed by atoms with E-state index in [1.807, 2.05) is 0 Å². The monoisotopic (exact) mass is 347 g/mol. The minimum Gasteiger partial charge on any atom is -0.391 e. The third kappa shape index (κ3) is 3.39. The molecule has 0 bridgehead atoms. The Morgan fingerprint density at radius 3 is 2.48 bits per heavy atom. The Hall–Kier alpha value is -0.720. The predicted octanol–water partition coefficient (Wildman–Crippen LogP) is 2.25. The highest BCUT2D eigenvalue weighted by Gasteiger charge is 2.54. The highest BCUT2D eigenvalue weighted by atomic mass is 31.2. The van der Waals surface area contributed by atoms with Crippen molar-refractivity contribution >= 4 is 13.5 Å². The summed E-state index contributed by atoms with van der Waals surface area (Å²) in [6, 6.07) is -0.497. The lowest BCUT2D eigenvalue weighted by Crippen LogP contribution is -2.52. The van der Waals surface area contributed by atoms with Crippen molar-refractivity contribution in [3.63, 3.8) is 0 Å². The van der Waals surface area contributed by atoms with E-state index in [1.54, 1.807) is 38.7 Å². The lowest BCUT2D eigenvalue weighted by atomic mass is 9.94. The molecule has 2 rings (SSSR count). The lowest BCUT2D eigenvalue weighted by molar-refractivity contribution is -0.146. The van der Waals surface area contributed by atoms with Crippen molar-refractivity contribution in [2.24, 2.45) is 0 Å². The number of carbonyl (C=O) groups is 1. The Labute approximate surface area is 137 Å². The van der Waals surface area contributed by atoms with Gasteiger partial charge in [-0.15, -0.1) is 0 Å². The first kappa shape index (κ1) is 18.6. The summed E-state index contributed by atoms with van der Waals surface area (Å²) in [6.07, 6.45) is 0.386. The Kier molecular flexibility index (Phi) is 5.38. The van der Waals surface area contributed by atoms with Crippen LogP contribution in [-0.4, -0.2) is 53.1 Å². The van der Waals surface area contributed by atoms with E-state index in [2.05, 4.69) is 0 Å². The molecule has 1 amide bonds. The maximum atomic E-state index is 12.9. The summed E-state index contributed by atoms with van der Waals surface area (Å²) in [5.41, 5.74) is -0.838. The lowest BCUT2D eigenvalue weighted by Gasteiger charge is -2.37. The van der Waals surface area contributed by atoms with Crippen LogP contribution in [0, 0.1) is 0 Å². The number of aliphatic hydroxyl groups is 1. The van der Waals surface area contributed by atoms with E-state index in [4.69, 9.17) is 13.8 Å². The second-order valence-corrected chi connectivity index (χ2v) is 8.26. The number of aliphatic hydroxyl groups excluding tert-OH is 1. The Bertz CT molecular complexity index is 536. The number of nitrogens with zero attached hydrogens (tertiary/aromatic N) is 1. The number of hydrogen-bond acceptors (Lipinski definition) is 6. The van der Waals surface area contributed by atoms with Crippen molar-refractivity contribution in [2.45, 2.75) is 65.0 Å². The van der Waals surface area contributed by atoms with Crippen LogP contribution < -0.4 is 0 Å². The highest BCUT2D eigenvalue weighted by molar-refractivity contribution is 7.58. The van der Waals surface area contributed by atoms with E-state index in [1.165, 1.54) is 6.92 Å². The van der Waals surface area contributed by atoms with Gasteiger partial charge in [0.25, 0.3) is 0 Å². The molecular weight excluding hydrogens is 321 g/mol. The van der Waals surface area contributed by atoms with Gasteiger partial charge in [0.2, 0.25) is 5.91 Å². The summed E-state index contributed by atoms with van der Waals surface area (Å²) in [5.74, 6) is -0.170. The van der Waals surface area contributed by atoms with Crippen molar-refractivity contribution in [1.82, 2.24) is 4.90 Å². The molecule has 3 atom stereocenters. The molecule has 2 aliphatic rings. The fourth-order valence-corrected chi connectivity index (χ4v) is 5.24. The first-order valence-electron chi connectivity index (χ1n) is 7.92. The van der Waals surface area contributed by atoms with Crippen LogP contribution in [0.2, 0.25) is 0 Å². The maximum absolute atomic E-state index is 12.9. The topological polar surface area (TPSA) is 85.3 Å². The second kappa shape index (κ2) is 6.65. The number of rotatable bonds is 5. The van der Waals surface area contributed by atoms with E-state index in [0.29, 0.717) is 5.31 Å². The Balaban J connectivity index is 2.38. The number of carbonyl (C=O) groups excluding carboxylic acids is 1. The van der Waals surface area contributed by atoms with Crippen LogP contribution in [0.15, 0.2) is 11.4 Å². The molecule has 1 saturated heterocycles. The quantitative estimate of drug-likeness (QED) is 0.768. The molecular formula is C15H26NO6P. The molecule has 23 heavy (non-hydrogen) atoms. The van der Waals surface area contributed by atoms with Gasteiger partial charge in [-0.05, 0) is 33.8 Å². The van der Waals surface area contributed by atoms with Crippen molar-refractivity contribution < 1.29 is 28.3 Å². The fraction of sp³-hybridized carbons (Fsp3) is 0.800. The number of amides is 1. The first-order chi connectivity index (χ1) is 10.7. The minimum atomic E-state index is -3.45. The van der Waals surface area contributed by atoms with Crippen molar-refractivity contribution in [3.8, 4) is 0 Å². The van der Waals surface area contributed by atoms with Gasteiger partial charge in [0.15, 0.2) is 0 Å². The molecule has 0 unspecified atom stereocenters. The molecule has 132 valence electrons. The molecule has 0 radical (unpaired) electrons. The van der Waals surface area contributed by atoms with Gasteiger partial charge in [0.1, 0.15) is 11.8 Å². The van der Waals surface area contributed by atoms with E-state index in [9.17, 15) is 14.5 Å². The van der Waals surface area contributed by atoms with Crippen LogP contribution in [0.1, 0.15) is 41.0 Å². The van der Waals surface area contributed by atoms with Gasteiger partial charge in [-0.1, -0.05) is 0 Å². The zero-order valence-electron chi connectivity index (χ0n) is 14.3. The molecule has 1 aliphatic carbocycles. The predicted molar refractivity (Wildman–Crippen MR) is 84.8 cm³/mol. The van der Waals surface area contributed by atoms with E-state index in [0.717, 1.165) is 0 Å². The summed E-state index contributed by atoms with van der Waals surface area (Å²) in [7, 11) is -3.45. The third-order valence-electron chi connectivity index (χ3n) is 4.10. The van der Waals surface area contributed by atoms with Gasteiger partial charge < -0.3 is 23.8 Å². The average Bonchev–Trinajstić information content (AvgIpc) is 2.69. The fourth-order valence-electron chi connectivity index (χ4n) is 3.42. The van der Waals surface area contributed by atoms with Gasteiger partial charge in [0, 0.05) is 18.7 Å². The van der Waals surface area contributed by atoms with Crippen LogP contribution in [0.5, 0.6) is 0 Å². The standard InChI is InChI=1S/C15H26NO6P/c1-6-20-23(19,21-7-2)11-8-12(18)14-13(9-11)22-15(4,5)16(14)10(3)17/h9,12-14,18H,6-8H2,1-5H3/t12-,13+,14-/m1/s1. The molecule has 8 heteroatoms. The van der Waals surface area contributed by atoms with Gasteiger partial charge in [-0.2, -0.15) is 0 Å². The Morgan fingerprint density at radius 1 is 1.43 bits per heavy atom. The molecule has 7 nitrogen and oxygen atoms in total. The van der Waals surface area contributed by atoms with Gasteiger partial charge in [-0.25, -0.2) is 0 Å². The molecule has 0 spiro atoms. The van der Waals surface area contributed by atoms with Crippen LogP contribution >= 0.6 is 7.60 Å². The molecule has 0 aromatic rings. The summed E-state index contributed by atoms with van der Waals surface area (Å²) in [4.78, 5) is 13.5. The SMILES string of the molecule is CCOP(=O)(OCC)C1=C[C@@H]2OC(C)(C)N(C(C)=O)[C@@H]2[C@H](O)C1. The molecule has 0 saturated carbocycles. The highest BCUT2D eigenvalue weighted by Crippen LogP contribution is 2.59. The summed E-state index contributed by atoms with van der Waals surface area (Å²) in [5, 5.41) is 11.0. The minimum absolute atomic E-state index is 0.127. The third-order valence-corrected chi connectivity index (χ3v) is 6.33. The summed E-state index contributed by atoms with van der Waals surface area (Å²) >= 11 is 0. The van der Waals surface area contributed by atoms with Crippen LogP contribution in [0.25, 0.3) is 0 Å². The largest absolute Gasteiger partial charge is 0.391 e. The number of ether oxygens (including phenoxy) is 1. The normalized spacial score (nSPS) is 30.1. The molecule has 1 N–H and O–H groups in total. The Morgan fingerprint density at radius 2 is 2.00 bits per heavy atom. The molecule has 1 fully saturated rings. The zero-order chi connectivity index (χ0) is 17.4. The molecule has 1 aliphatic heterocycles. The van der Waals surface area contributed by atoms with Gasteiger partial charge in [-0.3, -0.25) is 9.36 Å². The van der Waals surface area contributed by atoms with Crippen molar-refractivity contribution in [2.75, 3.05) is 13.2 Å². The summed E-state index contributed by atoms with van der Waals surface area (Å²) < 4.78 is 29.5. The van der Waals surface area contributed by atoms with Crippen molar-refractivity contribution in [3.05, 3.63) is 11.4 Å². The van der Waals surface area contributed by atoms with Crippen LogP contribution in [0.4, 0.5) is 0 Å². The van der Waals surface area contributed by atoms with E-state index >= 15 is 0 Å². The zero-order valence-corrected chi connectivity index (χ0v) is 15.2. The van der Waals surface area contributed by atoms with Crippen LogP contribution in [-0.2, 0) is 23.1 Å². The van der Waals surface area contributed by atoms with E-state index < -0.39 is 31.6 Å². The van der Waals surface area contributed by atoms with Gasteiger partial charge >= 0.3 is 7.60 Å². The summed E-state index contributed by atoms with van der Waals surface area (Å²) in [6.45, 7) is 8.96. The molecule has 0 aromatic carbocycles. The van der Waals surface area contributed by atoms with Gasteiger partial charge in [0.05, 0.1) is 25.4 Å². The smallest absolute Gasteiger partial charge is 0.357 e. The second-order valence-electron chi connectivity index (χ2n) is 6.17. The maximum Gasteiger partial charge on any atom is 0.357 e. The van der Waals surface area contributed by atoms with Crippen molar-refractivity contribution in [1.29, 1.82) is 0 Å². The first-order valence-corrected chi connectivity index (χ1v) is 9.46. The average molecular weight is 347 g/mol.